The number of benzene rings is 1. The molecule has 1 N–H and O–H groups in total. The van der Waals surface area contributed by atoms with Gasteiger partial charge in [0.2, 0.25) is 0 Å². The van der Waals surface area contributed by atoms with Gasteiger partial charge in [-0.15, -0.1) is 0 Å². The molecule has 0 aliphatic rings. The number of hydrogen-bond acceptors (Lipinski definition) is 4. The lowest BCUT2D eigenvalue weighted by molar-refractivity contribution is -0.131. The van der Waals surface area contributed by atoms with Gasteiger partial charge in [0.25, 0.3) is 0 Å². The van der Waals surface area contributed by atoms with E-state index in [0.29, 0.717) is 43.5 Å². The Balaban J connectivity index is 2.90. The monoisotopic (exact) mass is 280 g/mol. The quantitative estimate of drug-likeness (QED) is 0.556. The zero-order chi connectivity index (χ0) is 14.8. The van der Waals surface area contributed by atoms with Crippen molar-refractivity contribution in [2.45, 2.75) is 13.8 Å². The van der Waals surface area contributed by atoms with E-state index in [9.17, 15) is 4.79 Å². The van der Waals surface area contributed by atoms with Crippen molar-refractivity contribution in [3.05, 3.63) is 29.8 Å². The zero-order valence-corrected chi connectivity index (χ0v) is 11.8. The van der Waals surface area contributed by atoms with Gasteiger partial charge in [0, 0.05) is 18.2 Å². The van der Waals surface area contributed by atoms with Crippen LogP contribution in [0.1, 0.15) is 19.4 Å². The lowest BCUT2D eigenvalue weighted by atomic mass is 10.1. The number of carboxylic acids is 1. The number of para-hydroxylation sites is 1. The number of hydrogen-bond donors (Lipinski definition) is 1. The summed E-state index contributed by atoms with van der Waals surface area (Å²) in [5.74, 6) is 0.121. The zero-order valence-electron chi connectivity index (χ0n) is 11.8. The van der Waals surface area contributed by atoms with Gasteiger partial charge in [0.1, 0.15) is 6.61 Å². The van der Waals surface area contributed by atoms with E-state index in [1.807, 2.05) is 13.8 Å². The summed E-state index contributed by atoms with van der Waals surface area (Å²) in [6.45, 7) is 5.78. The van der Waals surface area contributed by atoms with Crippen molar-refractivity contribution in [3.63, 3.8) is 0 Å². The SMILES string of the molecule is CCOCCOc1c(/C=C/C(=O)O)cccc1OCC. The second kappa shape index (κ2) is 8.98. The third-order valence-corrected chi connectivity index (χ3v) is 2.39. The summed E-state index contributed by atoms with van der Waals surface area (Å²) in [4.78, 5) is 10.6. The fourth-order valence-corrected chi connectivity index (χ4v) is 1.60. The minimum Gasteiger partial charge on any atom is -0.490 e. The van der Waals surface area contributed by atoms with Gasteiger partial charge in [-0.05, 0) is 26.0 Å². The van der Waals surface area contributed by atoms with Crippen LogP contribution in [0.5, 0.6) is 11.5 Å². The molecule has 110 valence electrons. The summed E-state index contributed by atoms with van der Waals surface area (Å²) in [6.07, 6.45) is 2.56. The number of carbonyl (C=O) groups is 1. The van der Waals surface area contributed by atoms with Gasteiger partial charge < -0.3 is 19.3 Å². The summed E-state index contributed by atoms with van der Waals surface area (Å²) in [6, 6.07) is 5.36. The van der Waals surface area contributed by atoms with Gasteiger partial charge in [-0.2, -0.15) is 0 Å². The van der Waals surface area contributed by atoms with Crippen LogP contribution in [0.2, 0.25) is 0 Å². The maximum atomic E-state index is 10.6. The Morgan fingerprint density at radius 2 is 2.00 bits per heavy atom. The van der Waals surface area contributed by atoms with E-state index < -0.39 is 5.97 Å². The number of ether oxygens (including phenoxy) is 3. The Morgan fingerprint density at radius 1 is 1.20 bits per heavy atom. The summed E-state index contributed by atoms with van der Waals surface area (Å²) in [5, 5.41) is 8.71. The van der Waals surface area contributed by atoms with Crippen LogP contribution in [0.3, 0.4) is 0 Å². The highest BCUT2D eigenvalue weighted by molar-refractivity contribution is 5.86. The molecule has 0 saturated heterocycles. The molecule has 0 aromatic heterocycles. The molecule has 0 aliphatic carbocycles. The van der Waals surface area contributed by atoms with Crippen molar-refractivity contribution in [2.75, 3.05) is 26.4 Å². The van der Waals surface area contributed by atoms with Crippen molar-refractivity contribution < 1.29 is 24.1 Å². The predicted octanol–water partition coefficient (Wildman–Crippen LogP) is 2.60. The minimum atomic E-state index is -1.01. The van der Waals surface area contributed by atoms with E-state index in [1.54, 1.807) is 18.2 Å². The highest BCUT2D eigenvalue weighted by atomic mass is 16.5. The van der Waals surface area contributed by atoms with Crippen LogP contribution in [0.15, 0.2) is 24.3 Å². The van der Waals surface area contributed by atoms with Crippen molar-refractivity contribution >= 4 is 12.0 Å². The van der Waals surface area contributed by atoms with Crippen LogP contribution < -0.4 is 9.47 Å². The standard InChI is InChI=1S/C15H20O5/c1-3-18-10-11-20-15-12(8-9-14(16)17)6-5-7-13(15)19-4-2/h5-9H,3-4,10-11H2,1-2H3,(H,16,17)/b9-8+. The second-order valence-corrected chi connectivity index (χ2v) is 3.82. The molecule has 0 amide bonds. The van der Waals surface area contributed by atoms with Gasteiger partial charge in [-0.3, -0.25) is 0 Å². The maximum absolute atomic E-state index is 10.6. The van der Waals surface area contributed by atoms with Gasteiger partial charge >= 0.3 is 5.97 Å². The van der Waals surface area contributed by atoms with Gasteiger partial charge in [0.05, 0.1) is 13.2 Å². The first-order valence-corrected chi connectivity index (χ1v) is 6.56. The van der Waals surface area contributed by atoms with Gasteiger partial charge in [0.15, 0.2) is 11.5 Å². The molecule has 5 nitrogen and oxygen atoms in total. The first-order chi connectivity index (χ1) is 9.69. The van der Waals surface area contributed by atoms with E-state index in [0.717, 1.165) is 6.08 Å². The molecule has 5 heteroatoms. The van der Waals surface area contributed by atoms with Crippen LogP contribution in [0.4, 0.5) is 0 Å². The summed E-state index contributed by atoms with van der Waals surface area (Å²) >= 11 is 0. The Labute approximate surface area is 118 Å². The van der Waals surface area contributed by atoms with Crippen LogP contribution in [-0.4, -0.2) is 37.5 Å². The van der Waals surface area contributed by atoms with Crippen molar-refractivity contribution in [1.29, 1.82) is 0 Å². The minimum absolute atomic E-state index is 0.381. The smallest absolute Gasteiger partial charge is 0.328 e. The van der Waals surface area contributed by atoms with Gasteiger partial charge in [-0.25, -0.2) is 4.79 Å². The second-order valence-electron chi connectivity index (χ2n) is 3.82. The average molecular weight is 280 g/mol. The third-order valence-electron chi connectivity index (χ3n) is 2.39. The van der Waals surface area contributed by atoms with Crippen LogP contribution in [-0.2, 0) is 9.53 Å². The molecule has 0 heterocycles. The normalized spacial score (nSPS) is 10.7. The highest BCUT2D eigenvalue weighted by Crippen LogP contribution is 2.32. The third kappa shape index (κ3) is 5.32. The van der Waals surface area contributed by atoms with E-state index in [-0.39, 0.29) is 0 Å². The highest BCUT2D eigenvalue weighted by Gasteiger charge is 2.09. The molecule has 0 saturated carbocycles. The van der Waals surface area contributed by atoms with E-state index in [1.165, 1.54) is 6.08 Å². The molecule has 0 spiro atoms. The maximum Gasteiger partial charge on any atom is 0.328 e. The molecular formula is C15H20O5. The lowest BCUT2D eigenvalue weighted by Crippen LogP contribution is -2.08. The molecule has 0 atom stereocenters. The van der Waals surface area contributed by atoms with Crippen molar-refractivity contribution in [3.8, 4) is 11.5 Å². The Kier molecular flexibility index (Phi) is 7.21. The number of rotatable bonds is 9. The van der Waals surface area contributed by atoms with Crippen molar-refractivity contribution in [2.24, 2.45) is 0 Å². The molecule has 0 aliphatic heterocycles. The largest absolute Gasteiger partial charge is 0.490 e. The molecule has 1 aromatic rings. The lowest BCUT2D eigenvalue weighted by Gasteiger charge is -2.14. The summed E-state index contributed by atoms with van der Waals surface area (Å²) < 4.78 is 16.4. The summed E-state index contributed by atoms with van der Waals surface area (Å²) in [7, 11) is 0. The molecule has 20 heavy (non-hydrogen) atoms. The molecule has 1 rings (SSSR count). The van der Waals surface area contributed by atoms with Crippen LogP contribution in [0.25, 0.3) is 6.08 Å². The van der Waals surface area contributed by atoms with Gasteiger partial charge in [-0.1, -0.05) is 12.1 Å². The van der Waals surface area contributed by atoms with E-state index in [2.05, 4.69) is 0 Å². The first-order valence-electron chi connectivity index (χ1n) is 6.56. The molecule has 0 radical (unpaired) electrons. The fraction of sp³-hybridized carbons (Fsp3) is 0.400. The van der Waals surface area contributed by atoms with E-state index >= 15 is 0 Å². The Bertz CT molecular complexity index is 454. The van der Waals surface area contributed by atoms with Crippen LogP contribution in [0, 0.1) is 0 Å². The summed E-state index contributed by atoms with van der Waals surface area (Å²) in [5.41, 5.74) is 0.662. The number of carboxylic acid groups (broad SMARTS) is 1. The molecule has 0 fully saturated rings. The molecular weight excluding hydrogens is 260 g/mol. The topological polar surface area (TPSA) is 65.0 Å². The molecule has 1 aromatic carbocycles. The fourth-order valence-electron chi connectivity index (χ4n) is 1.60. The Hall–Kier alpha value is -2.01. The van der Waals surface area contributed by atoms with Crippen molar-refractivity contribution in [1.82, 2.24) is 0 Å². The molecule has 0 bridgehead atoms. The van der Waals surface area contributed by atoms with Crippen LogP contribution >= 0.6 is 0 Å². The number of aliphatic carboxylic acids is 1. The first kappa shape index (κ1) is 16.0. The Morgan fingerprint density at radius 3 is 2.65 bits per heavy atom. The average Bonchev–Trinajstić information content (AvgIpc) is 2.43. The molecule has 0 unspecified atom stereocenters. The van der Waals surface area contributed by atoms with E-state index in [4.69, 9.17) is 19.3 Å². The predicted molar refractivity (Wildman–Crippen MR) is 76.3 cm³/mol.